The van der Waals surface area contributed by atoms with Gasteiger partial charge in [-0.25, -0.2) is 0 Å². The molecule has 0 aliphatic heterocycles. The average molecular weight is 443 g/mol. The molecule has 1 heteroatoms. The SMILES string of the molecule is CC1CC2C(c3cccc4ccccc34)=CC=CC2C1[Si](C)(C)C1C(C)C(C)C(C)C1C. The summed E-state index contributed by atoms with van der Waals surface area (Å²) in [7, 11) is -1.48. The molecule has 3 aliphatic rings. The van der Waals surface area contributed by atoms with Crippen LogP contribution in [0.25, 0.3) is 16.3 Å². The van der Waals surface area contributed by atoms with Crippen molar-refractivity contribution in [1.29, 1.82) is 0 Å². The molecule has 0 N–H and O–H groups in total. The molecule has 2 aromatic carbocycles. The van der Waals surface area contributed by atoms with Crippen LogP contribution in [0.5, 0.6) is 0 Å². The quantitative estimate of drug-likeness (QED) is 0.416. The normalized spacial score (nSPS) is 39.3. The second-order valence-electron chi connectivity index (χ2n) is 12.2. The summed E-state index contributed by atoms with van der Waals surface area (Å²) in [6, 6.07) is 15.8. The first kappa shape index (κ1) is 22.2. The molecule has 32 heavy (non-hydrogen) atoms. The van der Waals surface area contributed by atoms with Crippen LogP contribution in [0, 0.1) is 41.4 Å². The third-order valence-corrected chi connectivity index (χ3v) is 16.0. The fourth-order valence-electron chi connectivity index (χ4n) is 9.00. The van der Waals surface area contributed by atoms with Gasteiger partial charge in [0.15, 0.2) is 0 Å². The van der Waals surface area contributed by atoms with Gasteiger partial charge < -0.3 is 0 Å². The van der Waals surface area contributed by atoms with E-state index < -0.39 is 8.07 Å². The highest BCUT2D eigenvalue weighted by Crippen LogP contribution is 2.63. The van der Waals surface area contributed by atoms with Crippen LogP contribution in [-0.4, -0.2) is 8.07 Å². The highest BCUT2D eigenvalue weighted by molar-refractivity contribution is 6.80. The number of fused-ring (bicyclic) bond motifs is 2. The maximum absolute atomic E-state index is 2.77. The summed E-state index contributed by atoms with van der Waals surface area (Å²) < 4.78 is 0. The molecule has 8 unspecified atom stereocenters. The Hall–Kier alpha value is -1.60. The monoisotopic (exact) mass is 442 g/mol. The molecule has 0 aromatic heterocycles. The Morgan fingerprint density at radius 3 is 2.12 bits per heavy atom. The second kappa shape index (κ2) is 8.01. The highest BCUT2D eigenvalue weighted by Gasteiger charge is 2.57. The van der Waals surface area contributed by atoms with Crippen LogP contribution in [0.15, 0.2) is 60.7 Å². The Kier molecular flexibility index (Phi) is 5.56. The van der Waals surface area contributed by atoms with Crippen LogP contribution < -0.4 is 0 Å². The summed E-state index contributed by atoms with van der Waals surface area (Å²) in [5, 5.41) is 2.79. The summed E-state index contributed by atoms with van der Waals surface area (Å²) in [5.41, 5.74) is 4.90. The van der Waals surface area contributed by atoms with Crippen molar-refractivity contribution >= 4 is 24.4 Å². The molecule has 5 rings (SSSR count). The zero-order valence-electron chi connectivity index (χ0n) is 21.2. The molecule has 2 fully saturated rings. The molecule has 8 atom stereocenters. The van der Waals surface area contributed by atoms with E-state index in [0.717, 1.165) is 46.6 Å². The molecule has 0 spiro atoms. The van der Waals surface area contributed by atoms with E-state index in [1.165, 1.54) is 22.8 Å². The Morgan fingerprint density at radius 2 is 1.41 bits per heavy atom. The van der Waals surface area contributed by atoms with Crippen molar-refractivity contribution in [3.8, 4) is 0 Å². The maximum Gasteiger partial charge on any atom is 0.0550 e. The van der Waals surface area contributed by atoms with Gasteiger partial charge >= 0.3 is 0 Å². The molecule has 0 radical (unpaired) electrons. The van der Waals surface area contributed by atoms with Gasteiger partial charge in [-0.1, -0.05) is 108 Å². The first-order valence-corrected chi connectivity index (χ1v) is 16.3. The van der Waals surface area contributed by atoms with E-state index in [1.807, 2.05) is 0 Å². The zero-order chi connectivity index (χ0) is 22.8. The minimum atomic E-state index is -1.48. The van der Waals surface area contributed by atoms with Crippen molar-refractivity contribution < 1.29 is 0 Å². The number of benzene rings is 2. The third kappa shape index (κ3) is 3.22. The first-order valence-electron chi connectivity index (χ1n) is 13.1. The van der Waals surface area contributed by atoms with E-state index in [2.05, 4.69) is 108 Å². The minimum Gasteiger partial charge on any atom is -0.0808 e. The summed E-state index contributed by atoms with van der Waals surface area (Å²) >= 11 is 0. The van der Waals surface area contributed by atoms with Crippen LogP contribution in [0.4, 0.5) is 0 Å². The van der Waals surface area contributed by atoms with E-state index >= 15 is 0 Å². The van der Waals surface area contributed by atoms with Crippen LogP contribution >= 0.6 is 0 Å². The fourth-order valence-corrected chi connectivity index (χ4v) is 15.7. The van der Waals surface area contributed by atoms with Gasteiger partial charge in [0.25, 0.3) is 0 Å². The molecule has 2 saturated carbocycles. The summed E-state index contributed by atoms with van der Waals surface area (Å²) in [4.78, 5) is 0. The Morgan fingerprint density at radius 1 is 0.750 bits per heavy atom. The third-order valence-electron chi connectivity index (χ3n) is 10.6. The molecule has 0 saturated heterocycles. The van der Waals surface area contributed by atoms with Crippen molar-refractivity contribution in [2.24, 2.45) is 41.4 Å². The molecule has 0 bridgehead atoms. The molecule has 0 heterocycles. The lowest BCUT2D eigenvalue weighted by molar-refractivity contribution is 0.352. The number of hydrogen-bond donors (Lipinski definition) is 0. The van der Waals surface area contributed by atoms with Gasteiger partial charge in [0.1, 0.15) is 0 Å². The lowest BCUT2D eigenvalue weighted by Crippen LogP contribution is -2.45. The van der Waals surface area contributed by atoms with Crippen molar-refractivity contribution in [3.05, 3.63) is 66.3 Å². The summed E-state index contributed by atoms with van der Waals surface area (Å²) in [6.07, 6.45) is 8.81. The highest BCUT2D eigenvalue weighted by atomic mass is 28.3. The average Bonchev–Trinajstić information content (AvgIpc) is 3.22. The lowest BCUT2D eigenvalue weighted by Gasteiger charge is -2.45. The smallest absolute Gasteiger partial charge is 0.0550 e. The van der Waals surface area contributed by atoms with Crippen LogP contribution in [0.2, 0.25) is 24.2 Å². The predicted octanol–water partition coefficient (Wildman–Crippen LogP) is 9.07. The topological polar surface area (TPSA) is 0 Å². The van der Waals surface area contributed by atoms with Gasteiger partial charge in [0, 0.05) is 0 Å². The van der Waals surface area contributed by atoms with Gasteiger partial charge in [-0.3, -0.25) is 0 Å². The first-order chi connectivity index (χ1) is 15.2. The van der Waals surface area contributed by atoms with Gasteiger partial charge in [-0.2, -0.15) is 0 Å². The molecule has 0 amide bonds. The zero-order valence-corrected chi connectivity index (χ0v) is 22.2. The second-order valence-corrected chi connectivity index (χ2v) is 17.2. The van der Waals surface area contributed by atoms with E-state index in [9.17, 15) is 0 Å². The van der Waals surface area contributed by atoms with E-state index in [-0.39, 0.29) is 0 Å². The molecular weight excluding hydrogens is 400 g/mol. The largest absolute Gasteiger partial charge is 0.0808 e. The minimum absolute atomic E-state index is 0.680. The van der Waals surface area contributed by atoms with Gasteiger partial charge in [0.05, 0.1) is 8.07 Å². The van der Waals surface area contributed by atoms with E-state index in [4.69, 9.17) is 0 Å². The van der Waals surface area contributed by atoms with Gasteiger partial charge in [-0.15, -0.1) is 0 Å². The number of allylic oxidation sites excluding steroid dienone is 4. The standard InChI is InChI=1S/C31H42Si/c1-19-18-29-27(26-15-10-13-24-12-8-9-14-25(24)26)16-11-17-28(29)30(19)32(6,7)31-22(4)20(2)21(3)23(31)5/h8-17,19-23,28-31H,18H2,1-7H3. The Labute approximate surface area is 197 Å². The Bertz CT molecular complexity index is 1040. The van der Waals surface area contributed by atoms with Gasteiger partial charge in [-0.05, 0) is 80.8 Å². The molecular formula is C31H42Si. The lowest BCUT2D eigenvalue weighted by atomic mass is 9.80. The molecule has 0 nitrogen and oxygen atoms in total. The molecule has 3 aliphatic carbocycles. The van der Waals surface area contributed by atoms with Crippen molar-refractivity contribution in [2.75, 3.05) is 0 Å². The van der Waals surface area contributed by atoms with Crippen molar-refractivity contribution in [2.45, 2.75) is 65.2 Å². The number of hydrogen-bond acceptors (Lipinski definition) is 0. The van der Waals surface area contributed by atoms with E-state index in [1.54, 1.807) is 5.57 Å². The van der Waals surface area contributed by atoms with Gasteiger partial charge in [0.2, 0.25) is 0 Å². The number of rotatable bonds is 3. The van der Waals surface area contributed by atoms with Crippen LogP contribution in [0.1, 0.15) is 46.6 Å². The Balaban J connectivity index is 1.52. The molecule has 2 aromatic rings. The van der Waals surface area contributed by atoms with Crippen molar-refractivity contribution in [1.82, 2.24) is 0 Å². The maximum atomic E-state index is 2.77. The molecule has 170 valence electrons. The van der Waals surface area contributed by atoms with Crippen LogP contribution in [-0.2, 0) is 0 Å². The van der Waals surface area contributed by atoms with E-state index in [0.29, 0.717) is 5.92 Å². The van der Waals surface area contributed by atoms with Crippen LogP contribution in [0.3, 0.4) is 0 Å². The predicted molar refractivity (Wildman–Crippen MR) is 143 cm³/mol. The van der Waals surface area contributed by atoms with Crippen molar-refractivity contribution in [3.63, 3.8) is 0 Å². The fraction of sp³-hybridized carbons (Fsp3) is 0.548. The summed E-state index contributed by atoms with van der Waals surface area (Å²) in [6.45, 7) is 18.3. The summed E-state index contributed by atoms with van der Waals surface area (Å²) in [5.74, 6) is 5.68.